The Labute approximate surface area is 165 Å². The highest BCUT2D eigenvalue weighted by Crippen LogP contribution is 2.40. The van der Waals surface area contributed by atoms with Crippen molar-refractivity contribution in [3.05, 3.63) is 39.2 Å². The second kappa shape index (κ2) is 9.35. The molecule has 0 saturated carbocycles. The number of hydrazone groups is 1. The summed E-state index contributed by atoms with van der Waals surface area (Å²) in [5, 5.41) is 20.8. The molecule has 0 unspecified atom stereocenters. The van der Waals surface area contributed by atoms with Crippen LogP contribution in [0.1, 0.15) is 12.5 Å². The molecule has 0 aliphatic heterocycles. The molecule has 2 aromatic rings. The maximum absolute atomic E-state index is 10.5. The topological polar surface area (TPSA) is 65.9 Å². The molecule has 2 rings (SSSR count). The van der Waals surface area contributed by atoms with Crippen molar-refractivity contribution in [3.8, 4) is 16.2 Å². The van der Waals surface area contributed by atoms with Crippen molar-refractivity contribution in [3.63, 3.8) is 0 Å². The first kappa shape index (κ1) is 19.9. The number of hydrogen-bond acceptors (Lipinski definition) is 5. The van der Waals surface area contributed by atoms with Crippen molar-refractivity contribution in [2.45, 2.75) is 6.92 Å². The van der Waals surface area contributed by atoms with Gasteiger partial charge in [-0.3, -0.25) is 5.43 Å². The average Bonchev–Trinajstić information content (AvgIpc) is 2.97. The molecule has 0 amide bonds. The van der Waals surface area contributed by atoms with Crippen molar-refractivity contribution >= 4 is 57.6 Å². The zero-order valence-corrected chi connectivity index (χ0v) is 16.7. The van der Waals surface area contributed by atoms with Crippen LogP contribution in [-0.2, 0) is 4.74 Å². The maximum atomic E-state index is 10.5. The Kier molecular flexibility index (Phi) is 7.46. The molecule has 9 heteroatoms. The lowest BCUT2D eigenvalue weighted by atomic mass is 10.1. The standard InChI is InChI=1S/C16H17Cl2N3O2S2/c1-9(20-21-16(24)19-5-6-23-2)11-8-25-15(14(11)22)10-3-4-12(17)13(18)7-10/h3-4,7-8,22H,5-6H2,1-2H3,(H2,19,21,24). The Morgan fingerprint density at radius 2 is 2.12 bits per heavy atom. The molecule has 25 heavy (non-hydrogen) atoms. The fourth-order valence-electron chi connectivity index (χ4n) is 1.95. The summed E-state index contributed by atoms with van der Waals surface area (Å²) in [4.78, 5) is 0.698. The van der Waals surface area contributed by atoms with Crippen LogP contribution in [-0.4, -0.2) is 36.2 Å². The predicted molar refractivity (Wildman–Crippen MR) is 109 cm³/mol. The van der Waals surface area contributed by atoms with E-state index in [0.717, 1.165) is 5.56 Å². The minimum absolute atomic E-state index is 0.143. The number of thiophene rings is 1. The number of methoxy groups -OCH3 is 1. The summed E-state index contributed by atoms with van der Waals surface area (Å²) in [5.74, 6) is 0.143. The van der Waals surface area contributed by atoms with E-state index in [9.17, 15) is 5.11 Å². The number of thiocarbonyl (C=S) groups is 1. The summed E-state index contributed by atoms with van der Waals surface area (Å²) >= 11 is 18.5. The highest BCUT2D eigenvalue weighted by Gasteiger charge is 2.15. The van der Waals surface area contributed by atoms with Crippen LogP contribution in [0.3, 0.4) is 0 Å². The van der Waals surface area contributed by atoms with E-state index in [2.05, 4.69) is 15.8 Å². The monoisotopic (exact) mass is 417 g/mol. The zero-order chi connectivity index (χ0) is 18.4. The third-order valence-corrected chi connectivity index (χ3v) is 5.25. The number of nitrogens with one attached hydrogen (secondary N) is 2. The summed E-state index contributed by atoms with van der Waals surface area (Å²) in [5.41, 5.74) is 4.76. The molecule has 0 radical (unpaired) electrons. The molecule has 134 valence electrons. The van der Waals surface area contributed by atoms with Crippen LogP contribution >= 0.6 is 46.8 Å². The van der Waals surface area contributed by atoms with Crippen molar-refractivity contribution in [2.75, 3.05) is 20.3 Å². The molecule has 0 aliphatic rings. The van der Waals surface area contributed by atoms with Crippen LogP contribution in [0, 0.1) is 0 Å². The molecule has 0 atom stereocenters. The largest absolute Gasteiger partial charge is 0.506 e. The van der Waals surface area contributed by atoms with Gasteiger partial charge < -0.3 is 15.2 Å². The second-order valence-corrected chi connectivity index (χ2v) is 7.12. The fraction of sp³-hybridized carbons (Fsp3) is 0.250. The molecule has 0 aliphatic carbocycles. The van der Waals surface area contributed by atoms with Gasteiger partial charge in [-0.15, -0.1) is 11.3 Å². The molecule has 1 heterocycles. The van der Waals surface area contributed by atoms with E-state index in [1.807, 2.05) is 11.4 Å². The quantitative estimate of drug-likeness (QED) is 0.283. The van der Waals surface area contributed by atoms with Gasteiger partial charge in [0.05, 0.1) is 32.8 Å². The van der Waals surface area contributed by atoms with Gasteiger partial charge in [0.2, 0.25) is 0 Å². The number of ether oxygens (including phenoxy) is 1. The fourth-order valence-corrected chi connectivity index (χ4v) is 3.40. The summed E-state index contributed by atoms with van der Waals surface area (Å²) < 4.78 is 4.93. The molecule has 0 saturated heterocycles. The van der Waals surface area contributed by atoms with Crippen molar-refractivity contribution in [1.29, 1.82) is 0 Å². The Balaban J connectivity index is 2.12. The molecular weight excluding hydrogens is 401 g/mol. The smallest absolute Gasteiger partial charge is 0.187 e. The highest BCUT2D eigenvalue weighted by molar-refractivity contribution is 7.80. The first-order valence-corrected chi connectivity index (χ1v) is 9.31. The summed E-state index contributed by atoms with van der Waals surface area (Å²) in [6.45, 7) is 2.91. The third kappa shape index (κ3) is 5.29. The van der Waals surface area contributed by atoms with Gasteiger partial charge in [0.15, 0.2) is 5.11 Å². The van der Waals surface area contributed by atoms with Gasteiger partial charge in [-0.1, -0.05) is 29.3 Å². The molecule has 0 bridgehead atoms. The number of aromatic hydroxyl groups is 1. The van der Waals surface area contributed by atoms with E-state index >= 15 is 0 Å². The lowest BCUT2D eigenvalue weighted by Crippen LogP contribution is -2.34. The van der Waals surface area contributed by atoms with Crippen LogP contribution in [0.4, 0.5) is 0 Å². The van der Waals surface area contributed by atoms with Gasteiger partial charge in [0.25, 0.3) is 0 Å². The van der Waals surface area contributed by atoms with Gasteiger partial charge in [-0.05, 0) is 36.8 Å². The number of halogens is 2. The lowest BCUT2D eigenvalue weighted by molar-refractivity contribution is 0.204. The minimum Gasteiger partial charge on any atom is -0.506 e. The van der Waals surface area contributed by atoms with E-state index in [0.29, 0.717) is 44.5 Å². The third-order valence-electron chi connectivity index (χ3n) is 3.25. The van der Waals surface area contributed by atoms with Crippen LogP contribution in [0.15, 0.2) is 28.7 Å². The van der Waals surface area contributed by atoms with Crippen molar-refractivity contribution in [2.24, 2.45) is 5.10 Å². The van der Waals surface area contributed by atoms with Crippen LogP contribution in [0.5, 0.6) is 5.75 Å². The number of rotatable bonds is 6. The maximum Gasteiger partial charge on any atom is 0.187 e. The highest BCUT2D eigenvalue weighted by atomic mass is 35.5. The average molecular weight is 418 g/mol. The van der Waals surface area contributed by atoms with Gasteiger partial charge >= 0.3 is 0 Å². The van der Waals surface area contributed by atoms with Gasteiger partial charge in [0.1, 0.15) is 5.75 Å². The molecule has 1 aromatic heterocycles. The zero-order valence-electron chi connectivity index (χ0n) is 13.6. The van der Waals surface area contributed by atoms with Crippen molar-refractivity contribution < 1.29 is 9.84 Å². The van der Waals surface area contributed by atoms with Gasteiger partial charge in [0, 0.05) is 19.0 Å². The number of nitrogens with zero attached hydrogens (tertiary/aromatic N) is 1. The molecule has 3 N–H and O–H groups in total. The normalized spacial score (nSPS) is 11.4. The first-order chi connectivity index (χ1) is 11.9. The molecule has 1 aromatic carbocycles. The summed E-state index contributed by atoms with van der Waals surface area (Å²) in [6, 6.07) is 5.23. The van der Waals surface area contributed by atoms with Crippen LogP contribution in [0.2, 0.25) is 10.0 Å². The predicted octanol–water partition coefficient (Wildman–Crippen LogP) is 4.26. The number of hydrogen-bond donors (Lipinski definition) is 3. The van der Waals surface area contributed by atoms with Crippen LogP contribution in [0.25, 0.3) is 10.4 Å². The molecule has 5 nitrogen and oxygen atoms in total. The Bertz CT molecular complexity index is 794. The molecule has 0 fully saturated rings. The van der Waals surface area contributed by atoms with E-state index in [1.165, 1.54) is 11.3 Å². The lowest BCUT2D eigenvalue weighted by Gasteiger charge is -2.07. The van der Waals surface area contributed by atoms with Gasteiger partial charge in [-0.25, -0.2) is 0 Å². The van der Waals surface area contributed by atoms with E-state index in [1.54, 1.807) is 26.2 Å². The van der Waals surface area contributed by atoms with Crippen LogP contribution < -0.4 is 10.7 Å². The molecule has 0 spiro atoms. The Morgan fingerprint density at radius 1 is 1.36 bits per heavy atom. The number of benzene rings is 1. The van der Waals surface area contributed by atoms with E-state index < -0.39 is 0 Å². The van der Waals surface area contributed by atoms with E-state index in [4.69, 9.17) is 40.2 Å². The Hall–Kier alpha value is -1.38. The van der Waals surface area contributed by atoms with Gasteiger partial charge in [-0.2, -0.15) is 5.10 Å². The molecular formula is C16H17Cl2N3O2S2. The first-order valence-electron chi connectivity index (χ1n) is 7.27. The summed E-state index contributed by atoms with van der Waals surface area (Å²) in [7, 11) is 1.62. The Morgan fingerprint density at radius 3 is 2.80 bits per heavy atom. The van der Waals surface area contributed by atoms with Crippen molar-refractivity contribution in [1.82, 2.24) is 10.7 Å². The summed E-state index contributed by atoms with van der Waals surface area (Å²) in [6.07, 6.45) is 0. The minimum atomic E-state index is 0.143. The SMILES string of the molecule is COCCNC(=S)NN=C(C)c1csc(-c2ccc(Cl)c(Cl)c2)c1O. The van der Waals surface area contributed by atoms with E-state index in [-0.39, 0.29) is 5.75 Å². The second-order valence-electron chi connectivity index (χ2n) is 5.01.